The van der Waals surface area contributed by atoms with Gasteiger partial charge in [0, 0.05) is 11.4 Å². The van der Waals surface area contributed by atoms with Crippen molar-refractivity contribution in [3.63, 3.8) is 0 Å². The molecule has 0 fully saturated rings. The summed E-state index contributed by atoms with van der Waals surface area (Å²) in [7, 11) is 0. The van der Waals surface area contributed by atoms with Crippen molar-refractivity contribution in [3.8, 4) is 0 Å². The Balaban J connectivity index is 2.37. The average Bonchev–Trinajstić information content (AvgIpc) is 2.46. The van der Waals surface area contributed by atoms with Crippen LogP contribution in [0.25, 0.3) is 0 Å². The summed E-state index contributed by atoms with van der Waals surface area (Å²) in [5, 5.41) is 5.62. The summed E-state index contributed by atoms with van der Waals surface area (Å²) >= 11 is 0. The van der Waals surface area contributed by atoms with E-state index in [1.54, 1.807) is 12.1 Å². The number of nitrogen functional groups attached to an aromatic ring is 1. The summed E-state index contributed by atoms with van der Waals surface area (Å²) in [6.07, 6.45) is 0. The summed E-state index contributed by atoms with van der Waals surface area (Å²) in [5.74, 6) is -0.135. The van der Waals surface area contributed by atoms with Gasteiger partial charge in [0.05, 0.1) is 11.6 Å². The van der Waals surface area contributed by atoms with Gasteiger partial charge in [-0.1, -0.05) is 6.07 Å². The van der Waals surface area contributed by atoms with Crippen LogP contribution < -0.4 is 10.7 Å². The molecule has 2 N–H and O–H groups in total. The Labute approximate surface area is 88.4 Å². The van der Waals surface area contributed by atoms with Crippen molar-refractivity contribution in [2.45, 2.75) is 13.8 Å². The third-order valence-electron chi connectivity index (χ3n) is 2.58. The topological polar surface area (TPSA) is 58.7 Å². The van der Waals surface area contributed by atoms with Crippen LogP contribution in [0.3, 0.4) is 0 Å². The van der Waals surface area contributed by atoms with Gasteiger partial charge in [0.2, 0.25) is 0 Å². The van der Waals surface area contributed by atoms with E-state index in [0.29, 0.717) is 5.69 Å². The number of carbonyl (C=O) groups is 1. The minimum Gasteiger partial charge on any atom is -0.399 e. The first-order chi connectivity index (χ1) is 7.09. The van der Waals surface area contributed by atoms with Crippen LogP contribution in [0.5, 0.6) is 0 Å². The number of hydrogen-bond acceptors (Lipinski definition) is 3. The van der Waals surface area contributed by atoms with Crippen LogP contribution in [0.4, 0.5) is 11.4 Å². The molecule has 0 bridgehead atoms. The molecule has 1 amide bonds. The van der Waals surface area contributed by atoms with Gasteiger partial charge in [0.1, 0.15) is 0 Å². The van der Waals surface area contributed by atoms with E-state index in [4.69, 9.17) is 5.73 Å². The second-order valence-electron chi connectivity index (χ2n) is 3.71. The zero-order valence-corrected chi connectivity index (χ0v) is 8.77. The van der Waals surface area contributed by atoms with Crippen LogP contribution in [-0.2, 0) is 4.79 Å². The maximum absolute atomic E-state index is 11.8. The van der Waals surface area contributed by atoms with E-state index in [2.05, 4.69) is 5.10 Å². The van der Waals surface area contributed by atoms with Crippen molar-refractivity contribution < 1.29 is 4.79 Å². The highest BCUT2D eigenvalue weighted by molar-refractivity contribution is 6.14. The Morgan fingerprint density at radius 2 is 2.20 bits per heavy atom. The summed E-state index contributed by atoms with van der Waals surface area (Å²) < 4.78 is 0. The molecule has 1 atom stereocenters. The summed E-state index contributed by atoms with van der Waals surface area (Å²) in [6, 6.07) is 7.16. The lowest BCUT2D eigenvalue weighted by Crippen LogP contribution is -2.25. The lowest BCUT2D eigenvalue weighted by molar-refractivity contribution is -0.119. The van der Waals surface area contributed by atoms with E-state index >= 15 is 0 Å². The molecule has 4 heteroatoms. The smallest absolute Gasteiger partial charge is 0.255 e. The normalized spacial score (nSPS) is 20.7. The van der Waals surface area contributed by atoms with Gasteiger partial charge in [-0.2, -0.15) is 5.10 Å². The van der Waals surface area contributed by atoms with E-state index < -0.39 is 0 Å². The number of anilines is 2. The first-order valence-corrected chi connectivity index (χ1v) is 4.84. The number of carbonyl (C=O) groups excluding carboxylic acids is 1. The first kappa shape index (κ1) is 9.71. The van der Waals surface area contributed by atoms with E-state index in [1.165, 1.54) is 5.01 Å². The van der Waals surface area contributed by atoms with E-state index in [0.717, 1.165) is 11.4 Å². The molecule has 1 unspecified atom stereocenters. The first-order valence-electron chi connectivity index (χ1n) is 4.84. The van der Waals surface area contributed by atoms with Gasteiger partial charge in [-0.25, -0.2) is 5.01 Å². The lowest BCUT2D eigenvalue weighted by Gasteiger charge is -2.12. The lowest BCUT2D eigenvalue weighted by atomic mass is 10.1. The zero-order valence-electron chi connectivity index (χ0n) is 8.77. The molecule has 0 saturated carbocycles. The van der Waals surface area contributed by atoms with Crippen LogP contribution in [0.1, 0.15) is 13.8 Å². The van der Waals surface area contributed by atoms with Gasteiger partial charge >= 0.3 is 0 Å². The highest BCUT2D eigenvalue weighted by Gasteiger charge is 2.30. The Hall–Kier alpha value is -1.84. The van der Waals surface area contributed by atoms with Gasteiger partial charge in [0.15, 0.2) is 0 Å². The van der Waals surface area contributed by atoms with Crippen molar-refractivity contribution in [2.75, 3.05) is 10.7 Å². The van der Waals surface area contributed by atoms with Crippen molar-refractivity contribution in [1.82, 2.24) is 0 Å². The Bertz CT molecular complexity index is 439. The molecule has 1 heterocycles. The fourth-order valence-electron chi connectivity index (χ4n) is 1.50. The minimum absolute atomic E-state index is 0.00176. The fraction of sp³-hybridized carbons (Fsp3) is 0.273. The molecule has 2 rings (SSSR count). The molecule has 0 radical (unpaired) electrons. The molecule has 0 spiro atoms. The monoisotopic (exact) mass is 203 g/mol. The predicted molar refractivity (Wildman–Crippen MR) is 60.6 cm³/mol. The SMILES string of the molecule is CC1=NN(c2cccc(N)c2)C(=O)C1C. The number of nitrogens with two attached hydrogens (primary N) is 1. The van der Waals surface area contributed by atoms with Gasteiger partial charge in [-0.15, -0.1) is 0 Å². The van der Waals surface area contributed by atoms with Gasteiger partial charge in [0.25, 0.3) is 5.91 Å². The molecule has 4 nitrogen and oxygen atoms in total. The second kappa shape index (κ2) is 3.38. The van der Waals surface area contributed by atoms with Crippen molar-refractivity contribution in [1.29, 1.82) is 0 Å². The third kappa shape index (κ3) is 1.58. The van der Waals surface area contributed by atoms with Crippen LogP contribution in [0.15, 0.2) is 29.4 Å². The molecule has 0 aromatic heterocycles. The Morgan fingerprint density at radius 1 is 1.47 bits per heavy atom. The predicted octanol–water partition coefficient (Wildman–Crippen LogP) is 1.63. The number of amides is 1. The third-order valence-corrected chi connectivity index (χ3v) is 2.58. The van der Waals surface area contributed by atoms with Crippen LogP contribution in [0, 0.1) is 5.92 Å². The number of nitrogens with zero attached hydrogens (tertiary/aromatic N) is 2. The molecule has 1 aliphatic heterocycles. The molecule has 0 saturated heterocycles. The molecular formula is C11H13N3O. The largest absolute Gasteiger partial charge is 0.399 e. The van der Waals surface area contributed by atoms with Crippen LogP contribution in [-0.4, -0.2) is 11.6 Å². The van der Waals surface area contributed by atoms with Crippen LogP contribution >= 0.6 is 0 Å². The Morgan fingerprint density at radius 3 is 2.73 bits per heavy atom. The molecule has 15 heavy (non-hydrogen) atoms. The number of hydrogen-bond donors (Lipinski definition) is 1. The standard InChI is InChI=1S/C11H13N3O/c1-7-8(2)13-14(11(7)15)10-5-3-4-9(12)6-10/h3-7H,12H2,1-2H3. The quantitative estimate of drug-likeness (QED) is 0.705. The van der Waals surface area contributed by atoms with Gasteiger partial charge in [-0.05, 0) is 32.0 Å². The summed E-state index contributed by atoms with van der Waals surface area (Å²) in [6.45, 7) is 3.71. The van der Waals surface area contributed by atoms with Gasteiger partial charge in [-0.3, -0.25) is 4.79 Å². The van der Waals surface area contributed by atoms with Crippen molar-refractivity contribution in [3.05, 3.63) is 24.3 Å². The minimum atomic E-state index is -0.133. The number of rotatable bonds is 1. The molecule has 1 aromatic carbocycles. The van der Waals surface area contributed by atoms with E-state index in [9.17, 15) is 4.79 Å². The number of hydrazone groups is 1. The maximum atomic E-state index is 11.8. The molecule has 0 aliphatic carbocycles. The summed E-state index contributed by atoms with van der Waals surface area (Å²) in [4.78, 5) is 11.8. The number of benzene rings is 1. The average molecular weight is 203 g/mol. The van der Waals surface area contributed by atoms with Crippen molar-refractivity contribution in [2.24, 2.45) is 11.0 Å². The van der Waals surface area contributed by atoms with E-state index in [1.807, 2.05) is 26.0 Å². The second-order valence-corrected chi connectivity index (χ2v) is 3.71. The fourth-order valence-corrected chi connectivity index (χ4v) is 1.50. The molecule has 78 valence electrons. The van der Waals surface area contributed by atoms with Crippen molar-refractivity contribution >= 4 is 23.0 Å². The molecular weight excluding hydrogens is 190 g/mol. The van der Waals surface area contributed by atoms with E-state index in [-0.39, 0.29) is 11.8 Å². The molecule has 1 aliphatic rings. The maximum Gasteiger partial charge on any atom is 0.255 e. The zero-order chi connectivity index (χ0) is 11.0. The molecule has 1 aromatic rings. The highest BCUT2D eigenvalue weighted by atomic mass is 16.2. The van der Waals surface area contributed by atoms with Gasteiger partial charge < -0.3 is 5.73 Å². The van der Waals surface area contributed by atoms with Crippen LogP contribution in [0.2, 0.25) is 0 Å². The summed E-state index contributed by atoms with van der Waals surface area (Å²) in [5.41, 5.74) is 7.85. The Kier molecular flexibility index (Phi) is 2.19. The highest BCUT2D eigenvalue weighted by Crippen LogP contribution is 2.24.